The highest BCUT2D eigenvalue weighted by Gasteiger charge is 2.39. The molecule has 0 amide bonds. The molecule has 10 nitrogen and oxygen atoms in total. The van der Waals surface area contributed by atoms with Crippen LogP contribution in [0.3, 0.4) is 0 Å². The Morgan fingerprint density at radius 3 is 2.43 bits per heavy atom. The summed E-state index contributed by atoms with van der Waals surface area (Å²) in [7, 11) is 0. The second-order valence-corrected chi connectivity index (χ2v) is 4.05. The molecule has 1 aliphatic rings. The van der Waals surface area contributed by atoms with Gasteiger partial charge in [-0.15, -0.1) is 0 Å². The lowest BCUT2D eigenvalue weighted by molar-refractivity contribution is -0.491. The molecule has 0 aromatic heterocycles. The van der Waals surface area contributed by atoms with Crippen LogP contribution in [0.15, 0.2) is 29.3 Å². The Hall–Kier alpha value is -3.04. The SMILES string of the molecule is O=C(Oc1ccc([N+](=O)[O-])cc1)C(C1=NCCN1)[N+](=O)[O-]. The minimum atomic E-state index is -1.73. The van der Waals surface area contributed by atoms with Crippen molar-refractivity contribution in [1.29, 1.82) is 0 Å². The zero-order chi connectivity index (χ0) is 15.4. The maximum atomic E-state index is 11.8. The number of nitro benzene ring substituents is 1. The Morgan fingerprint density at radius 2 is 1.95 bits per heavy atom. The van der Waals surface area contributed by atoms with Gasteiger partial charge in [0.15, 0.2) is 5.84 Å². The minimum absolute atomic E-state index is 0.0175. The van der Waals surface area contributed by atoms with E-state index in [1.54, 1.807) is 0 Å². The molecule has 21 heavy (non-hydrogen) atoms. The van der Waals surface area contributed by atoms with E-state index in [1.807, 2.05) is 0 Å². The summed E-state index contributed by atoms with van der Waals surface area (Å²) in [6, 6.07) is 2.92. The zero-order valence-corrected chi connectivity index (χ0v) is 10.6. The van der Waals surface area contributed by atoms with E-state index in [-0.39, 0.29) is 17.3 Å². The normalized spacial score (nSPS) is 14.8. The van der Waals surface area contributed by atoms with Crippen molar-refractivity contribution in [2.24, 2.45) is 4.99 Å². The van der Waals surface area contributed by atoms with E-state index in [1.165, 1.54) is 12.1 Å². The van der Waals surface area contributed by atoms with Crippen molar-refractivity contribution in [1.82, 2.24) is 5.32 Å². The van der Waals surface area contributed by atoms with E-state index in [0.29, 0.717) is 13.1 Å². The molecule has 0 aliphatic carbocycles. The number of non-ortho nitro benzene ring substituents is 1. The van der Waals surface area contributed by atoms with Gasteiger partial charge in [0.1, 0.15) is 5.75 Å². The number of hydrogen-bond donors (Lipinski definition) is 1. The number of rotatable bonds is 5. The average molecular weight is 294 g/mol. The number of ether oxygens (including phenoxy) is 1. The van der Waals surface area contributed by atoms with Gasteiger partial charge in [0.25, 0.3) is 5.69 Å². The molecule has 1 aromatic carbocycles. The summed E-state index contributed by atoms with van der Waals surface area (Å²) in [6.45, 7) is 0.773. The van der Waals surface area contributed by atoms with E-state index >= 15 is 0 Å². The van der Waals surface area contributed by atoms with Crippen LogP contribution in [-0.4, -0.2) is 40.8 Å². The second-order valence-electron chi connectivity index (χ2n) is 4.05. The number of carbonyl (C=O) groups is 1. The molecule has 110 valence electrons. The summed E-state index contributed by atoms with van der Waals surface area (Å²) in [6.07, 6.45) is 0. The molecule has 1 heterocycles. The van der Waals surface area contributed by atoms with Gasteiger partial charge in [0, 0.05) is 23.6 Å². The van der Waals surface area contributed by atoms with Gasteiger partial charge in [-0.25, -0.2) is 4.79 Å². The van der Waals surface area contributed by atoms with Gasteiger partial charge in [-0.3, -0.25) is 25.2 Å². The third-order valence-electron chi connectivity index (χ3n) is 2.66. The molecular weight excluding hydrogens is 284 g/mol. The highest BCUT2D eigenvalue weighted by atomic mass is 16.6. The van der Waals surface area contributed by atoms with Crippen LogP contribution in [0, 0.1) is 20.2 Å². The summed E-state index contributed by atoms with van der Waals surface area (Å²) in [5.41, 5.74) is -0.178. The van der Waals surface area contributed by atoms with Gasteiger partial charge in [-0.05, 0) is 12.1 Å². The Morgan fingerprint density at radius 1 is 1.29 bits per heavy atom. The van der Waals surface area contributed by atoms with E-state index in [4.69, 9.17) is 4.74 Å². The summed E-state index contributed by atoms with van der Waals surface area (Å²) in [5.74, 6) is -1.18. The first-order valence-electron chi connectivity index (χ1n) is 5.87. The largest absolute Gasteiger partial charge is 0.421 e. The Kier molecular flexibility index (Phi) is 4.07. The zero-order valence-electron chi connectivity index (χ0n) is 10.6. The topological polar surface area (TPSA) is 137 Å². The molecule has 0 spiro atoms. The van der Waals surface area contributed by atoms with E-state index in [9.17, 15) is 25.0 Å². The quantitative estimate of drug-likeness (QED) is 0.353. The molecule has 0 radical (unpaired) electrons. The van der Waals surface area contributed by atoms with Crippen LogP contribution in [0.2, 0.25) is 0 Å². The number of aliphatic imine (C=N–C) groups is 1. The summed E-state index contributed by atoms with van der Waals surface area (Å²) < 4.78 is 4.86. The van der Waals surface area contributed by atoms with Crippen molar-refractivity contribution in [2.75, 3.05) is 13.1 Å². The number of nitrogens with one attached hydrogen (secondary N) is 1. The van der Waals surface area contributed by atoms with Crippen LogP contribution in [0.5, 0.6) is 5.75 Å². The van der Waals surface area contributed by atoms with Crippen molar-refractivity contribution >= 4 is 17.5 Å². The van der Waals surface area contributed by atoms with Gasteiger partial charge in [0.05, 0.1) is 11.5 Å². The maximum Gasteiger partial charge on any atom is 0.395 e. The summed E-state index contributed by atoms with van der Waals surface area (Å²) >= 11 is 0. The van der Waals surface area contributed by atoms with Crippen LogP contribution in [-0.2, 0) is 4.79 Å². The summed E-state index contributed by atoms with van der Waals surface area (Å²) in [5, 5.41) is 24.1. The fourth-order valence-electron chi connectivity index (χ4n) is 1.70. The molecule has 0 saturated heterocycles. The lowest BCUT2D eigenvalue weighted by atomic mass is 10.2. The molecule has 0 saturated carbocycles. The van der Waals surface area contributed by atoms with Crippen LogP contribution in [0.1, 0.15) is 0 Å². The van der Waals surface area contributed by atoms with Gasteiger partial charge < -0.3 is 10.1 Å². The molecular formula is C11H10N4O6. The minimum Gasteiger partial charge on any atom is -0.421 e. The molecule has 1 N–H and O–H groups in total. The first-order valence-corrected chi connectivity index (χ1v) is 5.87. The Balaban J connectivity index is 2.11. The molecule has 2 rings (SSSR count). The molecule has 0 bridgehead atoms. The number of benzene rings is 1. The summed E-state index contributed by atoms with van der Waals surface area (Å²) in [4.78, 5) is 35.7. The Labute approximate surface area is 117 Å². The van der Waals surface area contributed by atoms with Gasteiger partial charge >= 0.3 is 12.0 Å². The van der Waals surface area contributed by atoms with Gasteiger partial charge in [-0.2, -0.15) is 0 Å². The van der Waals surface area contributed by atoms with E-state index in [0.717, 1.165) is 12.1 Å². The first-order chi connectivity index (χ1) is 9.99. The lowest BCUT2D eigenvalue weighted by Gasteiger charge is -2.09. The predicted octanol–water partition coefficient (Wildman–Crippen LogP) is 0.147. The number of nitrogens with zero attached hydrogens (tertiary/aromatic N) is 3. The molecule has 1 aliphatic heterocycles. The lowest BCUT2D eigenvalue weighted by Crippen LogP contribution is -2.45. The second kappa shape index (κ2) is 5.94. The van der Waals surface area contributed by atoms with Gasteiger partial charge in [0.2, 0.25) is 0 Å². The van der Waals surface area contributed by atoms with Crippen LogP contribution >= 0.6 is 0 Å². The molecule has 10 heteroatoms. The fraction of sp³-hybridized carbons (Fsp3) is 0.273. The number of amidine groups is 1. The number of carbonyl (C=O) groups excluding carboxylic acids is 1. The number of esters is 1. The molecule has 0 fully saturated rings. The number of hydrogen-bond acceptors (Lipinski definition) is 8. The molecule has 1 unspecified atom stereocenters. The highest BCUT2D eigenvalue weighted by molar-refractivity contribution is 6.04. The average Bonchev–Trinajstić information content (AvgIpc) is 2.92. The predicted molar refractivity (Wildman–Crippen MR) is 69.8 cm³/mol. The van der Waals surface area contributed by atoms with E-state index in [2.05, 4.69) is 10.3 Å². The van der Waals surface area contributed by atoms with Gasteiger partial charge in [-0.1, -0.05) is 0 Å². The van der Waals surface area contributed by atoms with Crippen molar-refractivity contribution in [2.45, 2.75) is 6.04 Å². The monoisotopic (exact) mass is 294 g/mol. The third-order valence-corrected chi connectivity index (χ3v) is 2.66. The van der Waals surface area contributed by atoms with Crippen molar-refractivity contribution < 1.29 is 19.4 Å². The Bertz CT molecular complexity index is 612. The first kappa shape index (κ1) is 14.4. The fourth-order valence-corrected chi connectivity index (χ4v) is 1.70. The standard InChI is InChI=1S/C11H10N4O6/c16-11(9(15(19)20)10-12-5-6-13-10)21-8-3-1-7(2-4-8)14(17)18/h1-4,9H,5-6H2,(H,12,13). The van der Waals surface area contributed by atoms with Crippen molar-refractivity contribution in [3.8, 4) is 5.75 Å². The highest BCUT2D eigenvalue weighted by Crippen LogP contribution is 2.18. The molecule has 1 aromatic rings. The van der Waals surface area contributed by atoms with Crippen molar-refractivity contribution in [3.05, 3.63) is 44.5 Å². The smallest absolute Gasteiger partial charge is 0.395 e. The molecule has 1 atom stereocenters. The number of nitro groups is 2. The van der Waals surface area contributed by atoms with Crippen molar-refractivity contribution in [3.63, 3.8) is 0 Å². The van der Waals surface area contributed by atoms with Crippen LogP contribution in [0.4, 0.5) is 5.69 Å². The van der Waals surface area contributed by atoms with Crippen LogP contribution in [0.25, 0.3) is 0 Å². The van der Waals surface area contributed by atoms with E-state index < -0.39 is 21.9 Å². The third kappa shape index (κ3) is 3.29. The maximum absolute atomic E-state index is 11.8. The van der Waals surface area contributed by atoms with Crippen LogP contribution < -0.4 is 10.1 Å².